The van der Waals surface area contributed by atoms with Gasteiger partial charge in [0.15, 0.2) is 0 Å². The Morgan fingerprint density at radius 2 is 1.87 bits per heavy atom. The zero-order valence-corrected chi connectivity index (χ0v) is 14.5. The molecule has 0 unspecified atom stereocenters. The van der Waals surface area contributed by atoms with Crippen molar-refractivity contribution in [2.45, 2.75) is 31.8 Å². The van der Waals surface area contributed by atoms with Gasteiger partial charge in [0, 0.05) is 26.2 Å². The number of likely N-dealkylation sites (tertiary alicyclic amines) is 1. The van der Waals surface area contributed by atoms with Gasteiger partial charge >= 0.3 is 0 Å². The van der Waals surface area contributed by atoms with Crippen LogP contribution >= 0.6 is 0 Å². The molecular formula is C16H25N3O3S. The van der Waals surface area contributed by atoms with E-state index in [9.17, 15) is 13.2 Å². The quantitative estimate of drug-likeness (QED) is 0.837. The normalized spacial score (nSPS) is 18.9. The first-order valence-corrected chi connectivity index (χ1v) is 9.51. The van der Waals surface area contributed by atoms with Crippen LogP contribution in [0.5, 0.6) is 0 Å². The first-order valence-electron chi connectivity index (χ1n) is 7.91. The molecule has 1 aromatic rings. The third kappa shape index (κ3) is 4.10. The molecule has 0 aliphatic carbocycles. The molecule has 1 aromatic carbocycles. The molecule has 0 spiro atoms. The number of hydrogen-bond donors (Lipinski definition) is 1. The average Bonchev–Trinajstić information content (AvgIpc) is 2.55. The van der Waals surface area contributed by atoms with Crippen LogP contribution in [0, 0.1) is 0 Å². The summed E-state index contributed by atoms with van der Waals surface area (Å²) in [6, 6.07) is 9.01. The molecule has 2 N–H and O–H groups in total. The van der Waals surface area contributed by atoms with Crippen molar-refractivity contribution in [1.82, 2.24) is 9.21 Å². The number of nitrogens with zero attached hydrogens (tertiary/aromatic N) is 2. The summed E-state index contributed by atoms with van der Waals surface area (Å²) < 4.78 is 25.4. The van der Waals surface area contributed by atoms with Gasteiger partial charge in [0.2, 0.25) is 15.9 Å². The van der Waals surface area contributed by atoms with Crippen molar-refractivity contribution in [3.63, 3.8) is 0 Å². The van der Waals surface area contributed by atoms with Crippen molar-refractivity contribution in [3.05, 3.63) is 35.9 Å². The van der Waals surface area contributed by atoms with E-state index in [0.717, 1.165) is 5.56 Å². The maximum absolute atomic E-state index is 12.0. The van der Waals surface area contributed by atoms with Gasteiger partial charge in [-0.3, -0.25) is 9.69 Å². The van der Waals surface area contributed by atoms with E-state index in [-0.39, 0.29) is 17.7 Å². The monoisotopic (exact) mass is 339 g/mol. The molecule has 1 amide bonds. The minimum Gasteiger partial charge on any atom is -0.368 e. The van der Waals surface area contributed by atoms with Crippen LogP contribution < -0.4 is 5.73 Å². The highest BCUT2D eigenvalue weighted by atomic mass is 32.2. The van der Waals surface area contributed by atoms with Gasteiger partial charge in [-0.1, -0.05) is 30.3 Å². The second-order valence-electron chi connectivity index (χ2n) is 5.90. The molecule has 0 radical (unpaired) electrons. The van der Waals surface area contributed by atoms with E-state index in [1.165, 1.54) is 4.31 Å². The Balaban J connectivity index is 2.07. The predicted molar refractivity (Wildman–Crippen MR) is 90.2 cm³/mol. The molecule has 6 nitrogen and oxygen atoms in total. The van der Waals surface area contributed by atoms with Crippen molar-refractivity contribution in [1.29, 1.82) is 0 Å². The summed E-state index contributed by atoms with van der Waals surface area (Å²) in [5.41, 5.74) is 6.48. The number of rotatable bonds is 6. The van der Waals surface area contributed by atoms with Gasteiger partial charge in [-0.05, 0) is 25.3 Å². The van der Waals surface area contributed by atoms with Crippen molar-refractivity contribution in [2.24, 2.45) is 5.73 Å². The highest BCUT2D eigenvalue weighted by Crippen LogP contribution is 2.26. The number of piperidine rings is 1. The molecular weight excluding hydrogens is 314 g/mol. The third-order valence-corrected chi connectivity index (χ3v) is 6.47. The summed E-state index contributed by atoms with van der Waals surface area (Å²) >= 11 is 0. The first-order chi connectivity index (χ1) is 10.9. The van der Waals surface area contributed by atoms with E-state index < -0.39 is 16.1 Å². The summed E-state index contributed by atoms with van der Waals surface area (Å²) in [4.78, 5) is 13.9. The number of hydrogen-bond acceptors (Lipinski definition) is 4. The molecule has 1 aliphatic rings. The fraction of sp³-hybridized carbons (Fsp3) is 0.562. The molecule has 0 bridgehead atoms. The molecule has 1 atom stereocenters. The Labute approximate surface area is 138 Å². The maximum Gasteiger partial charge on any atom is 0.239 e. The van der Waals surface area contributed by atoms with Gasteiger partial charge in [-0.15, -0.1) is 0 Å². The standard InChI is InChI=1S/C16H25N3O3S/c1-3-23(21,22)18(2)14-9-11-19(12-10-14)15(16(17)20)13-7-5-4-6-8-13/h4-8,14-15H,3,9-12H2,1-2H3,(H2,17,20)/t15-/m1/s1. The fourth-order valence-electron chi connectivity index (χ4n) is 3.13. The summed E-state index contributed by atoms with van der Waals surface area (Å²) in [7, 11) is -1.54. The molecule has 1 saturated heterocycles. The SMILES string of the molecule is CCS(=O)(=O)N(C)C1CCN([C@@H](C(N)=O)c2ccccc2)CC1. The number of carbonyl (C=O) groups is 1. The minimum absolute atomic E-state index is 0.0134. The lowest BCUT2D eigenvalue weighted by Gasteiger charge is -2.39. The van der Waals surface area contributed by atoms with Gasteiger partial charge in [-0.25, -0.2) is 12.7 Å². The molecule has 2 rings (SSSR count). The number of nitrogens with two attached hydrogens (primary N) is 1. The second-order valence-corrected chi connectivity index (χ2v) is 8.22. The maximum atomic E-state index is 12.0. The number of primary amides is 1. The molecule has 0 saturated carbocycles. The highest BCUT2D eigenvalue weighted by molar-refractivity contribution is 7.89. The Morgan fingerprint density at radius 3 is 2.35 bits per heavy atom. The molecule has 0 aromatic heterocycles. The van der Waals surface area contributed by atoms with Crippen LogP contribution in [0.2, 0.25) is 0 Å². The van der Waals surface area contributed by atoms with Crippen LogP contribution in [-0.4, -0.2) is 55.5 Å². The Morgan fingerprint density at radius 1 is 1.30 bits per heavy atom. The van der Waals surface area contributed by atoms with E-state index in [1.54, 1.807) is 14.0 Å². The van der Waals surface area contributed by atoms with Gasteiger partial charge in [-0.2, -0.15) is 0 Å². The molecule has 23 heavy (non-hydrogen) atoms. The Bertz CT molecular complexity index is 625. The lowest BCUT2D eigenvalue weighted by atomic mass is 9.99. The summed E-state index contributed by atoms with van der Waals surface area (Å²) in [6.45, 7) is 2.95. The smallest absolute Gasteiger partial charge is 0.239 e. The van der Waals surface area contributed by atoms with Crippen molar-refractivity contribution in [3.8, 4) is 0 Å². The van der Waals surface area contributed by atoms with Crippen molar-refractivity contribution in [2.75, 3.05) is 25.9 Å². The molecule has 128 valence electrons. The zero-order chi connectivity index (χ0) is 17.0. The molecule has 7 heteroatoms. The zero-order valence-electron chi connectivity index (χ0n) is 13.7. The largest absolute Gasteiger partial charge is 0.368 e. The van der Waals surface area contributed by atoms with Crippen LogP contribution in [0.4, 0.5) is 0 Å². The number of amides is 1. The lowest BCUT2D eigenvalue weighted by Crippen LogP contribution is -2.48. The minimum atomic E-state index is -3.18. The van der Waals surface area contributed by atoms with Gasteiger partial charge in [0.05, 0.1) is 5.75 Å². The van der Waals surface area contributed by atoms with E-state index in [4.69, 9.17) is 5.73 Å². The van der Waals surface area contributed by atoms with E-state index in [0.29, 0.717) is 25.9 Å². The Kier molecular flexibility index (Phi) is 5.78. The molecule has 1 aliphatic heterocycles. The van der Waals surface area contributed by atoms with Gasteiger partial charge < -0.3 is 5.73 Å². The third-order valence-electron chi connectivity index (χ3n) is 4.57. The van der Waals surface area contributed by atoms with Gasteiger partial charge in [0.1, 0.15) is 6.04 Å². The lowest BCUT2D eigenvalue weighted by molar-refractivity contribution is -0.124. The summed E-state index contributed by atoms with van der Waals surface area (Å²) in [6.07, 6.45) is 1.40. The highest BCUT2D eigenvalue weighted by Gasteiger charge is 2.33. The second kappa shape index (κ2) is 7.42. The van der Waals surface area contributed by atoms with E-state index in [1.807, 2.05) is 35.2 Å². The Hall–Kier alpha value is -1.44. The number of carbonyl (C=O) groups excluding carboxylic acids is 1. The van der Waals surface area contributed by atoms with Crippen molar-refractivity contribution >= 4 is 15.9 Å². The van der Waals surface area contributed by atoms with Crippen molar-refractivity contribution < 1.29 is 13.2 Å². The summed E-state index contributed by atoms with van der Waals surface area (Å²) in [5.74, 6) is -0.262. The molecule has 1 fully saturated rings. The van der Waals surface area contributed by atoms with E-state index >= 15 is 0 Å². The van der Waals surface area contributed by atoms with Crippen LogP contribution in [0.3, 0.4) is 0 Å². The van der Waals surface area contributed by atoms with E-state index in [2.05, 4.69) is 0 Å². The van der Waals surface area contributed by atoms with Gasteiger partial charge in [0.25, 0.3) is 0 Å². The topological polar surface area (TPSA) is 83.7 Å². The van der Waals surface area contributed by atoms with Crippen LogP contribution in [0.1, 0.15) is 31.4 Å². The van der Waals surface area contributed by atoms with Crippen LogP contribution in [0.25, 0.3) is 0 Å². The average molecular weight is 339 g/mol. The predicted octanol–water partition coefficient (Wildman–Crippen LogP) is 0.959. The van der Waals surface area contributed by atoms with Crippen LogP contribution in [-0.2, 0) is 14.8 Å². The first kappa shape index (κ1) is 17.9. The molecule has 1 heterocycles. The van der Waals surface area contributed by atoms with Crippen LogP contribution in [0.15, 0.2) is 30.3 Å². The fourth-order valence-corrected chi connectivity index (χ4v) is 4.20. The number of sulfonamides is 1. The summed E-state index contributed by atoms with van der Waals surface area (Å²) in [5, 5.41) is 0. The number of benzene rings is 1.